The maximum absolute atomic E-state index is 14.3. The lowest BCUT2D eigenvalue weighted by atomic mass is 10.1. The lowest BCUT2D eigenvalue weighted by Crippen LogP contribution is -2.54. The van der Waals surface area contributed by atoms with Crippen molar-refractivity contribution in [3.05, 3.63) is 83.9 Å². The Labute approximate surface area is 261 Å². The van der Waals surface area contributed by atoms with Gasteiger partial charge in [-0.3, -0.25) is 13.9 Å². The first-order valence-electron chi connectivity index (χ1n) is 15.1. The van der Waals surface area contributed by atoms with Crippen molar-refractivity contribution in [1.29, 1.82) is 0 Å². The molecule has 2 amide bonds. The fourth-order valence-corrected chi connectivity index (χ4v) is 7.02. The molecule has 1 fully saturated rings. The van der Waals surface area contributed by atoms with E-state index in [4.69, 9.17) is 9.47 Å². The van der Waals surface area contributed by atoms with Gasteiger partial charge >= 0.3 is 0 Å². The zero-order valence-electron chi connectivity index (χ0n) is 26.0. The van der Waals surface area contributed by atoms with Crippen LogP contribution in [0.15, 0.2) is 77.7 Å². The summed E-state index contributed by atoms with van der Waals surface area (Å²) in [7, 11) is -1.32. The van der Waals surface area contributed by atoms with Crippen LogP contribution < -0.4 is 19.1 Å². The van der Waals surface area contributed by atoms with Gasteiger partial charge < -0.3 is 19.7 Å². The second-order valence-corrected chi connectivity index (χ2v) is 13.0. The van der Waals surface area contributed by atoms with Crippen LogP contribution >= 0.6 is 0 Å². The summed E-state index contributed by atoms with van der Waals surface area (Å²) in [6, 6.07) is 20.3. The molecule has 0 aromatic heterocycles. The molecule has 9 nitrogen and oxygen atoms in total. The van der Waals surface area contributed by atoms with Crippen LogP contribution in [-0.2, 0) is 26.0 Å². The summed E-state index contributed by atoms with van der Waals surface area (Å²) in [5, 5.41) is 3.14. The number of hydrogen-bond donors (Lipinski definition) is 1. The predicted molar refractivity (Wildman–Crippen MR) is 172 cm³/mol. The van der Waals surface area contributed by atoms with E-state index in [1.807, 2.05) is 44.2 Å². The first-order valence-corrected chi connectivity index (χ1v) is 16.6. The Morgan fingerprint density at radius 1 is 0.955 bits per heavy atom. The Balaban J connectivity index is 1.74. The van der Waals surface area contributed by atoms with Crippen LogP contribution in [0.2, 0.25) is 0 Å². The van der Waals surface area contributed by atoms with Crippen LogP contribution in [0.25, 0.3) is 0 Å². The van der Waals surface area contributed by atoms with E-state index < -0.39 is 28.5 Å². The molecule has 0 radical (unpaired) electrons. The molecular weight excluding hydrogens is 578 g/mol. The Bertz CT molecular complexity index is 1510. The lowest BCUT2D eigenvalue weighted by molar-refractivity contribution is -0.139. The second-order valence-electron chi connectivity index (χ2n) is 11.1. The Morgan fingerprint density at radius 2 is 1.64 bits per heavy atom. The number of sulfonamides is 1. The van der Waals surface area contributed by atoms with Crippen molar-refractivity contribution in [1.82, 2.24) is 10.2 Å². The van der Waals surface area contributed by atoms with Gasteiger partial charge in [-0.1, -0.05) is 67.8 Å². The van der Waals surface area contributed by atoms with E-state index in [-0.39, 0.29) is 34.8 Å². The molecule has 0 saturated heterocycles. The number of hydrogen-bond acceptors (Lipinski definition) is 6. The molecule has 0 bridgehead atoms. The first kappa shape index (κ1) is 32.9. The van der Waals surface area contributed by atoms with Gasteiger partial charge in [0.15, 0.2) is 0 Å². The van der Waals surface area contributed by atoms with E-state index >= 15 is 0 Å². The molecule has 0 heterocycles. The third-order valence-electron chi connectivity index (χ3n) is 8.11. The smallest absolute Gasteiger partial charge is 0.264 e. The summed E-state index contributed by atoms with van der Waals surface area (Å²) in [6.07, 6.45) is 4.84. The van der Waals surface area contributed by atoms with Crippen molar-refractivity contribution in [2.45, 2.75) is 69.4 Å². The molecule has 1 N–H and O–H groups in total. The van der Waals surface area contributed by atoms with Crippen LogP contribution in [0.1, 0.15) is 50.2 Å². The fraction of sp³-hybridized carbons (Fsp3) is 0.412. The van der Waals surface area contributed by atoms with Gasteiger partial charge in [0.2, 0.25) is 11.8 Å². The minimum absolute atomic E-state index is 0.0302. The SMILES string of the molecule is CCC(C(=O)NC1CCCC1)N(CCc1ccccc1)C(=O)CN(c1cc(OC)ccc1OC)S(=O)(=O)c1ccc(C)cc1. The highest BCUT2D eigenvalue weighted by molar-refractivity contribution is 7.92. The number of anilines is 1. The van der Waals surface area contributed by atoms with Crippen LogP contribution in [0.3, 0.4) is 0 Å². The molecule has 1 aliphatic rings. The number of ether oxygens (including phenoxy) is 2. The molecule has 236 valence electrons. The zero-order chi connectivity index (χ0) is 31.7. The third-order valence-corrected chi connectivity index (χ3v) is 9.89. The summed E-state index contributed by atoms with van der Waals surface area (Å²) < 4.78 is 40.5. The van der Waals surface area contributed by atoms with Gasteiger partial charge in [-0.25, -0.2) is 8.42 Å². The summed E-state index contributed by atoms with van der Waals surface area (Å²) in [6.45, 7) is 3.44. The number of nitrogens with one attached hydrogen (secondary N) is 1. The normalized spacial score (nSPS) is 14.1. The summed E-state index contributed by atoms with van der Waals surface area (Å²) in [5.74, 6) is -0.0422. The molecule has 1 unspecified atom stereocenters. The van der Waals surface area contributed by atoms with Gasteiger partial charge in [-0.2, -0.15) is 0 Å². The van der Waals surface area contributed by atoms with Crippen LogP contribution in [0.5, 0.6) is 11.5 Å². The van der Waals surface area contributed by atoms with Crippen molar-refractivity contribution >= 4 is 27.5 Å². The molecule has 1 aliphatic carbocycles. The zero-order valence-corrected chi connectivity index (χ0v) is 26.8. The van der Waals surface area contributed by atoms with Gasteiger partial charge in [0.1, 0.15) is 24.1 Å². The molecule has 0 aliphatic heterocycles. The second kappa shape index (κ2) is 15.1. The minimum atomic E-state index is -4.25. The first-order chi connectivity index (χ1) is 21.2. The van der Waals surface area contributed by atoms with Crippen molar-refractivity contribution in [2.24, 2.45) is 0 Å². The maximum atomic E-state index is 14.3. The number of benzene rings is 3. The van der Waals surface area contributed by atoms with Crippen molar-refractivity contribution in [2.75, 3.05) is 31.6 Å². The largest absolute Gasteiger partial charge is 0.497 e. The molecule has 1 atom stereocenters. The molecule has 44 heavy (non-hydrogen) atoms. The number of carbonyl (C=O) groups excluding carboxylic acids is 2. The minimum Gasteiger partial charge on any atom is -0.497 e. The van der Waals surface area contributed by atoms with Crippen LogP contribution in [0, 0.1) is 6.92 Å². The standard InChI is InChI=1S/C34H43N3O6S/c1-5-30(34(39)35-27-13-9-10-14-27)36(22-21-26-11-7-6-8-12-26)33(38)24-37(31-23-28(42-3)17-20-32(31)43-4)44(40,41)29-18-15-25(2)16-19-29/h6-8,11-12,15-20,23,27,30H,5,9-10,13-14,21-22,24H2,1-4H3,(H,35,39). The van der Waals surface area contributed by atoms with E-state index in [1.165, 1.54) is 37.3 Å². The van der Waals surface area contributed by atoms with E-state index in [1.54, 1.807) is 24.3 Å². The van der Waals surface area contributed by atoms with Crippen LogP contribution in [0.4, 0.5) is 5.69 Å². The Kier molecular flexibility index (Phi) is 11.3. The van der Waals surface area contributed by atoms with Gasteiger partial charge in [0.25, 0.3) is 10.0 Å². The highest BCUT2D eigenvalue weighted by Gasteiger charge is 2.35. The number of aryl methyl sites for hydroxylation is 1. The van der Waals surface area contributed by atoms with Gasteiger partial charge in [-0.15, -0.1) is 0 Å². The summed E-state index contributed by atoms with van der Waals surface area (Å²) in [5.41, 5.74) is 2.07. The molecule has 3 aromatic rings. The molecule has 1 saturated carbocycles. The Morgan fingerprint density at radius 3 is 2.25 bits per heavy atom. The monoisotopic (exact) mass is 621 g/mol. The van der Waals surface area contributed by atoms with E-state index in [9.17, 15) is 18.0 Å². The average molecular weight is 622 g/mol. The highest BCUT2D eigenvalue weighted by atomic mass is 32.2. The summed E-state index contributed by atoms with van der Waals surface area (Å²) >= 11 is 0. The van der Waals surface area contributed by atoms with Crippen LogP contribution in [-0.4, -0.2) is 64.5 Å². The van der Waals surface area contributed by atoms with E-state index in [0.717, 1.165) is 41.1 Å². The number of carbonyl (C=O) groups is 2. The van der Waals surface area contributed by atoms with Crippen molar-refractivity contribution in [3.63, 3.8) is 0 Å². The average Bonchev–Trinajstić information content (AvgIpc) is 3.55. The molecule has 4 rings (SSSR count). The lowest BCUT2D eigenvalue weighted by Gasteiger charge is -2.34. The molecule has 10 heteroatoms. The molecule has 0 spiro atoms. The Hall–Kier alpha value is -4.05. The van der Waals surface area contributed by atoms with E-state index in [2.05, 4.69) is 5.32 Å². The predicted octanol–water partition coefficient (Wildman–Crippen LogP) is 5.12. The quantitative estimate of drug-likeness (QED) is 0.268. The van der Waals surface area contributed by atoms with Gasteiger partial charge in [0, 0.05) is 18.7 Å². The van der Waals surface area contributed by atoms with Gasteiger partial charge in [-0.05, 0) is 62.4 Å². The topological polar surface area (TPSA) is 105 Å². The van der Waals surface area contributed by atoms with E-state index in [0.29, 0.717) is 18.6 Å². The molecular formula is C34H43N3O6S. The summed E-state index contributed by atoms with van der Waals surface area (Å²) in [4.78, 5) is 29.5. The fourth-order valence-electron chi connectivity index (χ4n) is 5.61. The number of nitrogens with zero attached hydrogens (tertiary/aromatic N) is 2. The third kappa shape index (κ3) is 7.91. The van der Waals surface area contributed by atoms with Crippen molar-refractivity contribution < 1.29 is 27.5 Å². The number of amides is 2. The van der Waals surface area contributed by atoms with Gasteiger partial charge in [0.05, 0.1) is 24.8 Å². The van der Waals surface area contributed by atoms with Crippen molar-refractivity contribution in [3.8, 4) is 11.5 Å². The number of rotatable bonds is 14. The maximum Gasteiger partial charge on any atom is 0.264 e. The molecule has 3 aromatic carbocycles. The number of methoxy groups -OCH3 is 2. The highest BCUT2D eigenvalue weighted by Crippen LogP contribution is 2.36.